The highest BCUT2D eigenvalue weighted by atomic mass is 19.4. The second-order valence-electron chi connectivity index (χ2n) is 4.43. The average Bonchev–Trinajstić information content (AvgIpc) is 2.34. The zero-order valence-electron chi connectivity index (χ0n) is 11.0. The Morgan fingerprint density at radius 1 is 1.40 bits per heavy atom. The van der Waals surface area contributed by atoms with Crippen LogP contribution in [0, 0.1) is 0 Å². The number of nitrogens with one attached hydrogen (secondary N) is 1. The van der Waals surface area contributed by atoms with Crippen molar-refractivity contribution in [2.45, 2.75) is 32.3 Å². The predicted octanol–water partition coefficient (Wildman–Crippen LogP) is 1.73. The van der Waals surface area contributed by atoms with E-state index in [4.69, 9.17) is 5.73 Å². The predicted molar refractivity (Wildman–Crippen MR) is 67.6 cm³/mol. The minimum absolute atomic E-state index is 0.130. The van der Waals surface area contributed by atoms with E-state index in [1.807, 2.05) is 0 Å². The Hall–Kier alpha value is -1.60. The highest BCUT2D eigenvalue weighted by molar-refractivity contribution is 5.80. The van der Waals surface area contributed by atoms with E-state index in [1.54, 1.807) is 31.2 Å². The van der Waals surface area contributed by atoms with Crippen LogP contribution in [0.5, 0.6) is 0 Å². The Morgan fingerprint density at radius 2 is 2.05 bits per heavy atom. The highest BCUT2D eigenvalue weighted by Gasteiger charge is 2.27. The van der Waals surface area contributed by atoms with Crippen LogP contribution in [0.3, 0.4) is 0 Å². The summed E-state index contributed by atoms with van der Waals surface area (Å²) in [5, 5.41) is 2.62. The van der Waals surface area contributed by atoms with Gasteiger partial charge in [0.05, 0.1) is 12.6 Å². The number of hydrogen-bond donors (Lipinski definition) is 2. The molecule has 0 heterocycles. The largest absolute Gasteiger partial charge is 0.411 e. The topological polar surface area (TPSA) is 64.4 Å². The Labute approximate surface area is 115 Å². The maximum Gasteiger partial charge on any atom is 0.411 e. The van der Waals surface area contributed by atoms with Crippen molar-refractivity contribution < 1.29 is 22.7 Å². The summed E-state index contributed by atoms with van der Waals surface area (Å²) in [6.07, 6.45) is -4.33. The first-order valence-electron chi connectivity index (χ1n) is 6.03. The Morgan fingerprint density at radius 3 is 2.65 bits per heavy atom. The SMILES string of the molecule is CC(N)C(=O)NCc1cccc(COCC(F)(F)F)c1. The van der Waals surface area contributed by atoms with Gasteiger partial charge >= 0.3 is 6.18 Å². The van der Waals surface area contributed by atoms with E-state index in [-0.39, 0.29) is 19.1 Å². The molecule has 3 N–H and O–H groups in total. The van der Waals surface area contributed by atoms with Gasteiger partial charge in [0.1, 0.15) is 6.61 Å². The van der Waals surface area contributed by atoms with Crippen molar-refractivity contribution in [1.29, 1.82) is 0 Å². The van der Waals surface area contributed by atoms with Crippen LogP contribution in [0.2, 0.25) is 0 Å². The van der Waals surface area contributed by atoms with Crippen LogP contribution in [0.1, 0.15) is 18.1 Å². The van der Waals surface area contributed by atoms with Crippen molar-refractivity contribution in [2.24, 2.45) is 5.73 Å². The molecule has 1 atom stereocenters. The van der Waals surface area contributed by atoms with Crippen LogP contribution in [0.4, 0.5) is 13.2 Å². The van der Waals surface area contributed by atoms with Gasteiger partial charge in [0.2, 0.25) is 5.91 Å². The molecule has 20 heavy (non-hydrogen) atoms. The molecule has 7 heteroatoms. The fraction of sp³-hybridized carbons (Fsp3) is 0.462. The third-order valence-electron chi connectivity index (χ3n) is 2.41. The third kappa shape index (κ3) is 6.53. The van der Waals surface area contributed by atoms with Gasteiger partial charge in [0, 0.05) is 6.54 Å². The van der Waals surface area contributed by atoms with Gasteiger partial charge < -0.3 is 15.8 Å². The van der Waals surface area contributed by atoms with E-state index in [2.05, 4.69) is 10.1 Å². The van der Waals surface area contributed by atoms with E-state index in [1.165, 1.54) is 0 Å². The lowest BCUT2D eigenvalue weighted by Gasteiger charge is -2.10. The lowest BCUT2D eigenvalue weighted by molar-refractivity contribution is -0.176. The standard InChI is InChI=1S/C13H17F3N2O2/c1-9(17)12(19)18-6-10-3-2-4-11(5-10)7-20-8-13(14,15)16/h2-5,9H,6-8,17H2,1H3,(H,18,19). The van der Waals surface area contributed by atoms with E-state index in [0.717, 1.165) is 5.56 Å². The number of ether oxygens (including phenoxy) is 1. The summed E-state index contributed by atoms with van der Waals surface area (Å²) in [7, 11) is 0. The quantitative estimate of drug-likeness (QED) is 0.838. The molecule has 0 fully saturated rings. The normalized spacial score (nSPS) is 13.1. The monoisotopic (exact) mass is 290 g/mol. The molecule has 0 aliphatic heterocycles. The lowest BCUT2D eigenvalue weighted by atomic mass is 10.1. The van der Waals surface area contributed by atoms with Crippen molar-refractivity contribution in [2.75, 3.05) is 6.61 Å². The Kier molecular flexibility index (Phi) is 5.97. The molecule has 0 spiro atoms. The van der Waals surface area contributed by atoms with E-state index in [0.29, 0.717) is 5.56 Å². The number of nitrogens with two attached hydrogens (primary N) is 1. The molecule has 1 unspecified atom stereocenters. The highest BCUT2D eigenvalue weighted by Crippen LogP contribution is 2.16. The van der Waals surface area contributed by atoms with E-state index < -0.39 is 18.8 Å². The number of alkyl halides is 3. The summed E-state index contributed by atoms with van der Waals surface area (Å²) >= 11 is 0. The molecular weight excluding hydrogens is 273 g/mol. The van der Waals surface area contributed by atoms with Crippen molar-refractivity contribution in [3.8, 4) is 0 Å². The molecule has 0 saturated carbocycles. The zero-order chi connectivity index (χ0) is 15.2. The molecule has 1 rings (SSSR count). The van der Waals surface area contributed by atoms with Gasteiger partial charge in [-0.05, 0) is 18.1 Å². The summed E-state index contributed by atoms with van der Waals surface area (Å²) in [6, 6.07) is 6.19. The first-order chi connectivity index (χ1) is 9.28. The molecule has 0 saturated heterocycles. The van der Waals surface area contributed by atoms with Crippen molar-refractivity contribution in [3.63, 3.8) is 0 Å². The molecule has 1 amide bonds. The number of hydrogen-bond acceptors (Lipinski definition) is 3. The fourth-order valence-electron chi connectivity index (χ4n) is 1.46. The molecule has 0 aromatic heterocycles. The van der Waals surface area contributed by atoms with Crippen LogP contribution < -0.4 is 11.1 Å². The Balaban J connectivity index is 2.47. The smallest absolute Gasteiger partial charge is 0.367 e. The van der Waals surface area contributed by atoms with Gasteiger partial charge in [0.25, 0.3) is 0 Å². The van der Waals surface area contributed by atoms with Gasteiger partial charge in [-0.1, -0.05) is 24.3 Å². The summed E-state index contributed by atoms with van der Waals surface area (Å²) in [4.78, 5) is 11.3. The lowest BCUT2D eigenvalue weighted by Crippen LogP contribution is -2.37. The molecule has 0 aliphatic carbocycles. The van der Waals surface area contributed by atoms with Gasteiger partial charge in [-0.3, -0.25) is 4.79 Å². The van der Waals surface area contributed by atoms with Gasteiger partial charge in [-0.15, -0.1) is 0 Å². The van der Waals surface area contributed by atoms with Crippen LogP contribution >= 0.6 is 0 Å². The number of carbonyl (C=O) groups excluding carboxylic acids is 1. The van der Waals surface area contributed by atoms with Crippen LogP contribution in [0.25, 0.3) is 0 Å². The molecule has 1 aromatic rings. The molecular formula is C13H17F3N2O2. The molecule has 0 bridgehead atoms. The minimum Gasteiger partial charge on any atom is -0.367 e. The molecule has 0 radical (unpaired) electrons. The number of benzene rings is 1. The third-order valence-corrected chi connectivity index (χ3v) is 2.41. The van der Waals surface area contributed by atoms with Crippen LogP contribution in [-0.4, -0.2) is 24.7 Å². The van der Waals surface area contributed by atoms with Crippen molar-refractivity contribution >= 4 is 5.91 Å². The van der Waals surface area contributed by atoms with Crippen molar-refractivity contribution in [1.82, 2.24) is 5.32 Å². The molecule has 0 aliphatic rings. The molecule has 4 nitrogen and oxygen atoms in total. The molecule has 1 aromatic carbocycles. The first kappa shape index (κ1) is 16.5. The van der Waals surface area contributed by atoms with Crippen LogP contribution in [0.15, 0.2) is 24.3 Å². The number of amides is 1. The van der Waals surface area contributed by atoms with Crippen molar-refractivity contribution in [3.05, 3.63) is 35.4 Å². The maximum absolute atomic E-state index is 11.9. The molecule has 112 valence electrons. The summed E-state index contributed by atoms with van der Waals surface area (Å²) < 4.78 is 40.4. The van der Waals surface area contributed by atoms with Gasteiger partial charge in [-0.2, -0.15) is 13.2 Å². The zero-order valence-corrected chi connectivity index (χ0v) is 11.0. The minimum atomic E-state index is -4.33. The van der Waals surface area contributed by atoms with Crippen LogP contribution in [-0.2, 0) is 22.7 Å². The maximum atomic E-state index is 11.9. The van der Waals surface area contributed by atoms with E-state index in [9.17, 15) is 18.0 Å². The summed E-state index contributed by atoms with van der Waals surface area (Å²) in [5.41, 5.74) is 6.78. The van der Waals surface area contributed by atoms with Gasteiger partial charge in [-0.25, -0.2) is 0 Å². The summed E-state index contributed by atoms with van der Waals surface area (Å²) in [6.45, 7) is 0.428. The second kappa shape index (κ2) is 7.25. The number of halogens is 3. The summed E-state index contributed by atoms with van der Waals surface area (Å²) in [5.74, 6) is -0.288. The first-order valence-corrected chi connectivity index (χ1v) is 6.03. The number of carbonyl (C=O) groups is 1. The van der Waals surface area contributed by atoms with Gasteiger partial charge in [0.15, 0.2) is 0 Å². The number of rotatable bonds is 6. The van der Waals surface area contributed by atoms with E-state index >= 15 is 0 Å². The Bertz CT molecular complexity index is 447. The average molecular weight is 290 g/mol. The fourth-order valence-corrected chi connectivity index (χ4v) is 1.46. The second-order valence-corrected chi connectivity index (χ2v) is 4.43.